The molecule has 1 saturated heterocycles. The third-order valence-corrected chi connectivity index (χ3v) is 7.26. The zero-order chi connectivity index (χ0) is 21.0. The van der Waals surface area contributed by atoms with Gasteiger partial charge in [0.15, 0.2) is 0 Å². The topological polar surface area (TPSA) is 75.7 Å². The van der Waals surface area contributed by atoms with Gasteiger partial charge in [0.2, 0.25) is 15.9 Å². The number of ether oxygens (including phenoxy) is 1. The van der Waals surface area contributed by atoms with E-state index in [0.29, 0.717) is 31.7 Å². The number of aryl methyl sites for hydroxylation is 1. The summed E-state index contributed by atoms with van der Waals surface area (Å²) in [6.07, 6.45) is 1.29. The van der Waals surface area contributed by atoms with E-state index in [9.17, 15) is 13.2 Å². The van der Waals surface area contributed by atoms with E-state index in [4.69, 9.17) is 16.3 Å². The zero-order valence-corrected chi connectivity index (χ0v) is 18.1. The molecule has 3 rings (SSSR count). The van der Waals surface area contributed by atoms with E-state index in [-0.39, 0.29) is 28.3 Å². The third-order valence-electron chi connectivity index (χ3n) is 5.10. The van der Waals surface area contributed by atoms with Crippen LogP contribution in [0.2, 0.25) is 5.02 Å². The van der Waals surface area contributed by atoms with Crippen molar-refractivity contribution in [2.24, 2.45) is 5.92 Å². The monoisotopic (exact) mass is 436 g/mol. The molecule has 156 valence electrons. The molecule has 1 aliphatic rings. The van der Waals surface area contributed by atoms with E-state index in [0.717, 1.165) is 11.1 Å². The van der Waals surface area contributed by atoms with Crippen molar-refractivity contribution in [3.8, 4) is 5.75 Å². The van der Waals surface area contributed by atoms with Crippen LogP contribution in [-0.4, -0.2) is 38.8 Å². The van der Waals surface area contributed by atoms with Crippen molar-refractivity contribution in [1.82, 2.24) is 9.62 Å². The fraction of sp³-hybridized carbons (Fsp3) is 0.381. The number of benzene rings is 2. The minimum Gasteiger partial charge on any atom is -0.495 e. The largest absolute Gasteiger partial charge is 0.495 e. The number of amides is 1. The molecule has 1 atom stereocenters. The zero-order valence-electron chi connectivity index (χ0n) is 16.5. The Labute approximate surface area is 176 Å². The Hall–Kier alpha value is -2.09. The van der Waals surface area contributed by atoms with Crippen LogP contribution in [0.15, 0.2) is 47.4 Å². The first-order valence-corrected chi connectivity index (χ1v) is 11.3. The van der Waals surface area contributed by atoms with Crippen LogP contribution in [0.3, 0.4) is 0 Å². The SMILES string of the molecule is COc1ccc(S(=O)(=O)N2CCC[C@@H](C(=O)NCc3ccc(C)cc3)C2)cc1Cl. The van der Waals surface area contributed by atoms with Crippen molar-refractivity contribution in [1.29, 1.82) is 0 Å². The molecule has 1 N–H and O–H groups in total. The Morgan fingerprint density at radius 3 is 2.62 bits per heavy atom. The molecule has 8 heteroatoms. The average Bonchev–Trinajstić information content (AvgIpc) is 2.73. The first-order chi connectivity index (χ1) is 13.8. The number of methoxy groups -OCH3 is 1. The van der Waals surface area contributed by atoms with Crippen molar-refractivity contribution in [2.45, 2.75) is 31.2 Å². The molecule has 2 aromatic carbocycles. The van der Waals surface area contributed by atoms with E-state index in [1.807, 2.05) is 31.2 Å². The first kappa shape index (κ1) is 21.6. The number of halogens is 1. The summed E-state index contributed by atoms with van der Waals surface area (Å²) in [7, 11) is -2.26. The summed E-state index contributed by atoms with van der Waals surface area (Å²) >= 11 is 6.09. The summed E-state index contributed by atoms with van der Waals surface area (Å²) in [5, 5.41) is 3.16. The van der Waals surface area contributed by atoms with E-state index in [2.05, 4.69) is 5.32 Å². The highest BCUT2D eigenvalue weighted by Crippen LogP contribution is 2.30. The van der Waals surface area contributed by atoms with Crippen LogP contribution in [0.5, 0.6) is 5.75 Å². The first-order valence-electron chi connectivity index (χ1n) is 9.48. The second-order valence-electron chi connectivity index (χ2n) is 7.20. The maximum absolute atomic E-state index is 13.0. The van der Waals surface area contributed by atoms with Crippen molar-refractivity contribution in [2.75, 3.05) is 20.2 Å². The highest BCUT2D eigenvalue weighted by molar-refractivity contribution is 7.89. The smallest absolute Gasteiger partial charge is 0.243 e. The van der Waals surface area contributed by atoms with Gasteiger partial charge in [-0.1, -0.05) is 41.4 Å². The molecule has 2 aromatic rings. The van der Waals surface area contributed by atoms with Crippen LogP contribution in [0.25, 0.3) is 0 Å². The molecule has 0 saturated carbocycles. The van der Waals surface area contributed by atoms with E-state index in [1.165, 1.54) is 29.6 Å². The Bertz CT molecular complexity index is 977. The van der Waals surface area contributed by atoms with Crippen LogP contribution in [0.1, 0.15) is 24.0 Å². The summed E-state index contributed by atoms with van der Waals surface area (Å²) < 4.78 is 32.5. The summed E-state index contributed by atoms with van der Waals surface area (Å²) in [6.45, 7) is 2.98. The fourth-order valence-corrected chi connectivity index (χ4v) is 5.24. The van der Waals surface area contributed by atoms with Gasteiger partial charge in [0.25, 0.3) is 0 Å². The lowest BCUT2D eigenvalue weighted by Gasteiger charge is -2.31. The maximum Gasteiger partial charge on any atom is 0.243 e. The summed E-state index contributed by atoms with van der Waals surface area (Å²) in [4.78, 5) is 12.7. The number of piperidine rings is 1. The number of carbonyl (C=O) groups is 1. The van der Waals surface area contributed by atoms with E-state index in [1.54, 1.807) is 0 Å². The van der Waals surface area contributed by atoms with Gasteiger partial charge in [-0.15, -0.1) is 0 Å². The van der Waals surface area contributed by atoms with E-state index < -0.39 is 10.0 Å². The molecular formula is C21H25ClN2O4S. The lowest BCUT2D eigenvalue weighted by molar-refractivity contribution is -0.126. The molecule has 1 fully saturated rings. The molecule has 0 aromatic heterocycles. The maximum atomic E-state index is 13.0. The lowest BCUT2D eigenvalue weighted by Crippen LogP contribution is -2.45. The molecular weight excluding hydrogens is 412 g/mol. The van der Waals surface area contributed by atoms with Gasteiger partial charge in [-0.25, -0.2) is 8.42 Å². The van der Waals surface area contributed by atoms with Gasteiger partial charge in [-0.2, -0.15) is 4.31 Å². The number of rotatable bonds is 6. The molecule has 0 bridgehead atoms. The molecule has 0 aliphatic carbocycles. The predicted molar refractivity (Wildman–Crippen MR) is 113 cm³/mol. The molecule has 29 heavy (non-hydrogen) atoms. The number of hydrogen-bond acceptors (Lipinski definition) is 4. The van der Waals surface area contributed by atoms with Crippen molar-refractivity contribution >= 4 is 27.5 Å². The summed E-state index contributed by atoms with van der Waals surface area (Å²) in [5.74, 6) is -0.0893. The second kappa shape index (κ2) is 9.15. The molecule has 0 spiro atoms. The van der Waals surface area contributed by atoms with Gasteiger partial charge in [0.05, 0.1) is 22.9 Å². The van der Waals surface area contributed by atoms with Crippen LogP contribution in [-0.2, 0) is 21.4 Å². The fourth-order valence-electron chi connectivity index (χ4n) is 3.37. The highest BCUT2D eigenvalue weighted by atomic mass is 35.5. The van der Waals surface area contributed by atoms with Gasteiger partial charge >= 0.3 is 0 Å². The van der Waals surface area contributed by atoms with Gasteiger partial charge in [-0.05, 0) is 43.5 Å². The van der Waals surface area contributed by atoms with Crippen molar-refractivity contribution in [3.63, 3.8) is 0 Å². The molecule has 1 aliphatic heterocycles. The number of nitrogens with zero attached hydrogens (tertiary/aromatic N) is 1. The van der Waals surface area contributed by atoms with Crippen molar-refractivity contribution < 1.29 is 17.9 Å². The second-order valence-corrected chi connectivity index (χ2v) is 9.55. The molecule has 1 amide bonds. The molecule has 0 unspecified atom stereocenters. The minimum absolute atomic E-state index is 0.101. The third kappa shape index (κ3) is 5.10. The summed E-state index contributed by atoms with van der Waals surface area (Å²) in [6, 6.07) is 12.3. The Kier molecular flexibility index (Phi) is 6.82. The van der Waals surface area contributed by atoms with Crippen LogP contribution >= 0.6 is 11.6 Å². The van der Waals surface area contributed by atoms with Crippen LogP contribution in [0, 0.1) is 12.8 Å². The van der Waals surface area contributed by atoms with Gasteiger partial charge in [-0.3, -0.25) is 4.79 Å². The lowest BCUT2D eigenvalue weighted by atomic mass is 9.98. The predicted octanol–water partition coefficient (Wildman–Crippen LogP) is 3.37. The molecule has 0 radical (unpaired) electrons. The molecule has 1 heterocycles. The Morgan fingerprint density at radius 1 is 1.24 bits per heavy atom. The number of nitrogens with one attached hydrogen (secondary N) is 1. The highest BCUT2D eigenvalue weighted by Gasteiger charge is 2.33. The van der Waals surface area contributed by atoms with Crippen molar-refractivity contribution in [3.05, 3.63) is 58.6 Å². The van der Waals surface area contributed by atoms with Gasteiger partial charge in [0, 0.05) is 19.6 Å². The minimum atomic E-state index is -3.73. The number of carbonyl (C=O) groups excluding carboxylic acids is 1. The van der Waals surface area contributed by atoms with Crippen LogP contribution < -0.4 is 10.1 Å². The van der Waals surface area contributed by atoms with E-state index >= 15 is 0 Å². The average molecular weight is 437 g/mol. The van der Waals surface area contributed by atoms with Gasteiger partial charge < -0.3 is 10.1 Å². The Morgan fingerprint density at radius 2 is 1.97 bits per heavy atom. The Balaban J connectivity index is 1.66. The quantitative estimate of drug-likeness (QED) is 0.753. The number of hydrogen-bond donors (Lipinski definition) is 1. The summed E-state index contributed by atoms with van der Waals surface area (Å²) in [5.41, 5.74) is 2.17. The number of sulfonamides is 1. The standard InChI is InChI=1S/C21H25ClN2O4S/c1-15-5-7-16(8-6-15)13-23-21(25)17-4-3-11-24(14-17)29(26,27)18-9-10-20(28-2)19(22)12-18/h5-10,12,17H,3-4,11,13-14H2,1-2H3,(H,23,25)/t17-/m1/s1. The van der Waals surface area contributed by atoms with Crippen LogP contribution in [0.4, 0.5) is 0 Å². The van der Waals surface area contributed by atoms with Gasteiger partial charge in [0.1, 0.15) is 5.75 Å². The normalized spacial score (nSPS) is 17.7. The molecule has 6 nitrogen and oxygen atoms in total.